The molecule has 19 heavy (non-hydrogen) atoms. The number of carbonyl (C=O) groups excluding carboxylic acids is 1. The van der Waals surface area contributed by atoms with Gasteiger partial charge in [0.05, 0.1) is 6.54 Å². The molecule has 1 aromatic rings. The predicted molar refractivity (Wildman–Crippen MR) is 57.1 cm³/mol. The fourth-order valence-corrected chi connectivity index (χ4v) is 1.23. The predicted octanol–water partition coefficient (Wildman–Crippen LogP) is 1.73. The highest BCUT2D eigenvalue weighted by molar-refractivity contribution is 5.77. The molecule has 0 bridgehead atoms. The molecule has 0 saturated carbocycles. The molecule has 0 heterocycles. The lowest BCUT2D eigenvalue weighted by atomic mass is 10.2. The molecule has 0 aliphatic carbocycles. The first-order chi connectivity index (χ1) is 8.78. The van der Waals surface area contributed by atoms with Gasteiger partial charge in [0.15, 0.2) is 11.6 Å². The van der Waals surface area contributed by atoms with Crippen molar-refractivity contribution in [2.45, 2.75) is 12.7 Å². The van der Waals surface area contributed by atoms with Crippen LogP contribution in [0.2, 0.25) is 0 Å². The Bertz CT molecular complexity index is 447. The van der Waals surface area contributed by atoms with Crippen molar-refractivity contribution in [3.8, 4) is 0 Å². The highest BCUT2D eigenvalue weighted by Crippen LogP contribution is 2.12. The van der Waals surface area contributed by atoms with Crippen LogP contribution in [-0.4, -0.2) is 25.2 Å². The van der Waals surface area contributed by atoms with Crippen LogP contribution < -0.4 is 10.6 Å². The summed E-state index contributed by atoms with van der Waals surface area (Å²) < 4.78 is 60.7. The minimum absolute atomic E-state index is 0.0383. The number of halogens is 5. The fourth-order valence-electron chi connectivity index (χ4n) is 1.23. The summed E-state index contributed by atoms with van der Waals surface area (Å²) in [5, 5.41) is 4.18. The van der Waals surface area contributed by atoms with Crippen LogP contribution in [0, 0.1) is 11.6 Å². The number of hydrogen-bond acceptors (Lipinski definition) is 2. The normalized spacial score (nSPS) is 11.4. The van der Waals surface area contributed by atoms with Crippen molar-refractivity contribution in [1.82, 2.24) is 10.6 Å². The Balaban J connectivity index is 2.30. The second kappa shape index (κ2) is 6.46. The first-order valence-corrected chi connectivity index (χ1v) is 5.26. The number of alkyl halides is 3. The summed E-state index contributed by atoms with van der Waals surface area (Å²) in [5.41, 5.74) is 0.377. The maximum Gasteiger partial charge on any atom is 0.405 e. The Kier molecular flexibility index (Phi) is 5.22. The number of carbonyl (C=O) groups is 1. The van der Waals surface area contributed by atoms with E-state index >= 15 is 0 Å². The van der Waals surface area contributed by atoms with Gasteiger partial charge >= 0.3 is 6.18 Å². The molecule has 0 aliphatic rings. The summed E-state index contributed by atoms with van der Waals surface area (Å²) in [6, 6.07) is 3.17. The maximum atomic E-state index is 12.8. The largest absolute Gasteiger partial charge is 0.405 e. The molecule has 0 aromatic heterocycles. The van der Waals surface area contributed by atoms with E-state index in [0.717, 1.165) is 12.1 Å². The summed E-state index contributed by atoms with van der Waals surface area (Å²) >= 11 is 0. The first-order valence-electron chi connectivity index (χ1n) is 5.26. The van der Waals surface area contributed by atoms with Crippen LogP contribution in [0.3, 0.4) is 0 Å². The van der Waals surface area contributed by atoms with Gasteiger partial charge in [0.2, 0.25) is 5.91 Å². The third-order valence-electron chi connectivity index (χ3n) is 2.08. The quantitative estimate of drug-likeness (QED) is 0.808. The Morgan fingerprint density at radius 2 is 1.84 bits per heavy atom. The van der Waals surface area contributed by atoms with Crippen molar-refractivity contribution >= 4 is 5.91 Å². The van der Waals surface area contributed by atoms with Gasteiger partial charge in [-0.05, 0) is 17.7 Å². The second-order valence-electron chi connectivity index (χ2n) is 3.74. The van der Waals surface area contributed by atoms with Gasteiger partial charge in [-0.25, -0.2) is 8.78 Å². The molecule has 0 spiro atoms. The first kappa shape index (κ1) is 15.4. The molecular formula is C11H11F5N2O. The summed E-state index contributed by atoms with van der Waals surface area (Å²) in [6.45, 7) is -1.72. The van der Waals surface area contributed by atoms with Gasteiger partial charge in [-0.1, -0.05) is 6.07 Å². The average Bonchev–Trinajstić information content (AvgIpc) is 2.30. The van der Waals surface area contributed by atoms with E-state index in [9.17, 15) is 26.7 Å². The van der Waals surface area contributed by atoms with Crippen LogP contribution >= 0.6 is 0 Å². The Hall–Kier alpha value is -1.70. The van der Waals surface area contributed by atoms with E-state index in [1.807, 2.05) is 0 Å². The summed E-state index contributed by atoms with van der Waals surface area (Å²) in [5.74, 6) is -2.85. The number of rotatable bonds is 5. The fraction of sp³-hybridized carbons (Fsp3) is 0.364. The van der Waals surface area contributed by atoms with Crippen LogP contribution in [0.25, 0.3) is 0 Å². The molecule has 3 nitrogen and oxygen atoms in total. The van der Waals surface area contributed by atoms with Crippen molar-refractivity contribution in [3.63, 3.8) is 0 Å². The van der Waals surface area contributed by atoms with E-state index in [2.05, 4.69) is 5.32 Å². The van der Waals surface area contributed by atoms with Crippen molar-refractivity contribution in [3.05, 3.63) is 35.4 Å². The van der Waals surface area contributed by atoms with Crippen molar-refractivity contribution in [1.29, 1.82) is 0 Å². The smallest absolute Gasteiger partial charge is 0.346 e. The SMILES string of the molecule is O=C(CNCc1ccc(F)c(F)c1)NCC(F)(F)F. The number of nitrogens with one attached hydrogen (secondary N) is 2. The molecule has 1 amide bonds. The lowest BCUT2D eigenvalue weighted by molar-refractivity contribution is -0.137. The summed E-state index contributed by atoms with van der Waals surface area (Å²) in [4.78, 5) is 11.0. The Labute approximate surface area is 105 Å². The van der Waals surface area contributed by atoms with Gasteiger partial charge in [-0.15, -0.1) is 0 Å². The van der Waals surface area contributed by atoms with Crippen molar-refractivity contribution < 1.29 is 26.7 Å². The van der Waals surface area contributed by atoms with Gasteiger partial charge in [-0.3, -0.25) is 4.79 Å². The Morgan fingerprint density at radius 1 is 1.16 bits per heavy atom. The second-order valence-corrected chi connectivity index (χ2v) is 3.74. The number of hydrogen-bond donors (Lipinski definition) is 2. The van der Waals surface area contributed by atoms with Crippen LogP contribution in [0.1, 0.15) is 5.56 Å². The molecule has 0 atom stereocenters. The van der Waals surface area contributed by atoms with E-state index < -0.39 is 30.3 Å². The molecule has 0 unspecified atom stereocenters. The van der Waals surface area contributed by atoms with Gasteiger partial charge < -0.3 is 10.6 Å². The number of benzene rings is 1. The standard InChI is InChI=1S/C11H11F5N2O/c12-8-2-1-7(3-9(8)13)4-17-5-10(19)18-6-11(14,15)16/h1-3,17H,4-6H2,(H,18,19). The van der Waals surface area contributed by atoms with Crippen molar-refractivity contribution in [2.24, 2.45) is 0 Å². The molecule has 8 heteroatoms. The minimum Gasteiger partial charge on any atom is -0.346 e. The summed E-state index contributed by atoms with van der Waals surface area (Å²) in [6.07, 6.45) is -4.46. The van der Waals surface area contributed by atoms with Crippen LogP contribution in [0.5, 0.6) is 0 Å². The maximum absolute atomic E-state index is 12.8. The zero-order chi connectivity index (χ0) is 14.5. The lowest BCUT2D eigenvalue weighted by Crippen LogP contribution is -2.39. The van der Waals surface area contributed by atoms with E-state index in [1.54, 1.807) is 5.32 Å². The topological polar surface area (TPSA) is 41.1 Å². The zero-order valence-corrected chi connectivity index (χ0v) is 9.65. The van der Waals surface area contributed by atoms with Crippen molar-refractivity contribution in [2.75, 3.05) is 13.1 Å². The molecule has 106 valence electrons. The highest BCUT2D eigenvalue weighted by atomic mass is 19.4. The van der Waals surface area contributed by atoms with Crippen LogP contribution in [0.4, 0.5) is 22.0 Å². The monoisotopic (exact) mass is 282 g/mol. The van der Waals surface area contributed by atoms with E-state index in [0.29, 0.717) is 5.56 Å². The zero-order valence-electron chi connectivity index (χ0n) is 9.65. The molecule has 1 rings (SSSR count). The van der Waals surface area contributed by atoms with E-state index in [-0.39, 0.29) is 13.1 Å². The van der Waals surface area contributed by atoms with Gasteiger partial charge in [0.25, 0.3) is 0 Å². The third-order valence-corrected chi connectivity index (χ3v) is 2.08. The van der Waals surface area contributed by atoms with Crippen LogP contribution in [-0.2, 0) is 11.3 Å². The molecule has 1 aromatic carbocycles. The van der Waals surface area contributed by atoms with Crippen LogP contribution in [0.15, 0.2) is 18.2 Å². The molecule has 0 radical (unpaired) electrons. The van der Waals surface area contributed by atoms with Gasteiger partial charge in [0.1, 0.15) is 6.54 Å². The van der Waals surface area contributed by atoms with E-state index in [4.69, 9.17) is 0 Å². The van der Waals surface area contributed by atoms with Gasteiger partial charge in [0, 0.05) is 6.54 Å². The lowest BCUT2D eigenvalue weighted by Gasteiger charge is -2.09. The molecule has 0 saturated heterocycles. The summed E-state index contributed by atoms with van der Waals surface area (Å²) in [7, 11) is 0. The van der Waals surface area contributed by atoms with Gasteiger partial charge in [-0.2, -0.15) is 13.2 Å². The highest BCUT2D eigenvalue weighted by Gasteiger charge is 2.27. The Morgan fingerprint density at radius 3 is 2.42 bits per heavy atom. The molecule has 2 N–H and O–H groups in total. The molecular weight excluding hydrogens is 271 g/mol. The third kappa shape index (κ3) is 6.14. The average molecular weight is 282 g/mol. The molecule has 0 aliphatic heterocycles. The molecule has 0 fully saturated rings. The van der Waals surface area contributed by atoms with E-state index in [1.165, 1.54) is 6.07 Å². The minimum atomic E-state index is -4.46. The number of amides is 1.